The van der Waals surface area contributed by atoms with Crippen molar-refractivity contribution in [2.75, 3.05) is 19.0 Å². The summed E-state index contributed by atoms with van der Waals surface area (Å²) >= 11 is 0. The van der Waals surface area contributed by atoms with Crippen molar-refractivity contribution in [3.63, 3.8) is 0 Å². The Morgan fingerprint density at radius 2 is 1.07 bits per heavy atom. The summed E-state index contributed by atoms with van der Waals surface area (Å²) < 4.78 is 0. The van der Waals surface area contributed by atoms with E-state index >= 15 is 0 Å². The van der Waals surface area contributed by atoms with E-state index in [0.717, 1.165) is 25.7 Å². The van der Waals surface area contributed by atoms with E-state index in [1.165, 1.54) is 61.3 Å². The van der Waals surface area contributed by atoms with Gasteiger partial charge < -0.3 is 4.90 Å². The Hall–Kier alpha value is -3.32. The van der Waals surface area contributed by atoms with Gasteiger partial charge in [-0.2, -0.15) is 0 Å². The molecule has 0 fully saturated rings. The van der Waals surface area contributed by atoms with Crippen molar-refractivity contribution in [3.8, 4) is 11.1 Å². The van der Waals surface area contributed by atoms with Gasteiger partial charge >= 0.3 is 0 Å². The second kappa shape index (κ2) is 13.0. The van der Waals surface area contributed by atoms with Gasteiger partial charge in [0.2, 0.25) is 0 Å². The zero-order chi connectivity index (χ0) is 32.4. The fourth-order valence-corrected chi connectivity index (χ4v) is 7.01. The minimum absolute atomic E-state index is 0.0772. The summed E-state index contributed by atoms with van der Waals surface area (Å²) in [6.45, 7) is 23.4. The number of rotatable bonds is 11. The first-order valence-corrected chi connectivity index (χ1v) is 16.8. The molecule has 0 amide bonds. The third kappa shape index (κ3) is 6.26. The quantitative estimate of drug-likeness (QED) is 0.169. The van der Waals surface area contributed by atoms with Gasteiger partial charge in [0.15, 0.2) is 0 Å². The van der Waals surface area contributed by atoms with Gasteiger partial charge in [0, 0.05) is 30.6 Å². The number of anilines is 1. The molecule has 1 heteroatoms. The predicted octanol–water partition coefficient (Wildman–Crippen LogP) is 11.7. The molecule has 0 spiro atoms. The van der Waals surface area contributed by atoms with Crippen molar-refractivity contribution >= 4 is 5.69 Å². The maximum absolute atomic E-state index is 2.42. The number of benzene rings is 4. The highest BCUT2D eigenvalue weighted by Crippen LogP contribution is 2.41. The van der Waals surface area contributed by atoms with Crippen molar-refractivity contribution in [3.05, 3.63) is 123 Å². The average Bonchev–Trinajstić information content (AvgIpc) is 3.01. The first kappa shape index (κ1) is 33.6. The summed E-state index contributed by atoms with van der Waals surface area (Å²) in [5.74, 6) is 0. The van der Waals surface area contributed by atoms with Gasteiger partial charge in [0.25, 0.3) is 0 Å². The number of aryl methyl sites for hydroxylation is 1. The lowest BCUT2D eigenvalue weighted by atomic mass is 9.72. The summed E-state index contributed by atoms with van der Waals surface area (Å²) in [7, 11) is 4.19. The van der Waals surface area contributed by atoms with E-state index in [1.807, 2.05) is 0 Å². The van der Waals surface area contributed by atoms with Gasteiger partial charge in [0.1, 0.15) is 0 Å². The molecule has 0 aliphatic rings. The highest BCUT2D eigenvalue weighted by Gasteiger charge is 2.29. The highest BCUT2D eigenvalue weighted by molar-refractivity contribution is 5.73. The Kier molecular flexibility index (Phi) is 9.89. The van der Waals surface area contributed by atoms with Crippen LogP contribution in [0.1, 0.15) is 119 Å². The van der Waals surface area contributed by atoms with Crippen molar-refractivity contribution in [1.29, 1.82) is 0 Å². The van der Waals surface area contributed by atoms with Crippen molar-refractivity contribution in [2.24, 2.45) is 0 Å². The molecule has 0 radical (unpaired) electrons. The number of nitrogens with zero attached hydrogens (tertiary/aromatic N) is 1. The van der Waals surface area contributed by atoms with Crippen molar-refractivity contribution in [2.45, 2.75) is 111 Å². The molecule has 44 heavy (non-hydrogen) atoms. The van der Waals surface area contributed by atoms with Crippen LogP contribution in [0.25, 0.3) is 11.1 Å². The normalized spacial score (nSPS) is 12.5. The third-order valence-electron chi connectivity index (χ3n) is 11.0. The second-order valence-corrected chi connectivity index (χ2v) is 14.6. The van der Waals surface area contributed by atoms with Crippen molar-refractivity contribution in [1.82, 2.24) is 0 Å². The van der Waals surface area contributed by atoms with Gasteiger partial charge in [-0.05, 0) is 106 Å². The Morgan fingerprint density at radius 3 is 1.59 bits per heavy atom. The predicted molar refractivity (Wildman–Crippen MR) is 195 cm³/mol. The number of hydrogen-bond donors (Lipinski definition) is 0. The molecular weight excluding hydrogens is 530 g/mol. The molecule has 0 unspecified atom stereocenters. The van der Waals surface area contributed by atoms with Crippen LogP contribution in [-0.4, -0.2) is 14.1 Å². The zero-order valence-corrected chi connectivity index (χ0v) is 29.8. The van der Waals surface area contributed by atoms with Crippen LogP contribution in [0.5, 0.6) is 0 Å². The standard InChI is InChI=1S/C43H57N/c1-13-16-39-31(5)38(27-28-40(39)42(8,9)33-17-19-34(20-18-33)43(10,14-2)15-3)37-26-23-35(29-30(37)4)41(6,7)32-21-24-36(25-22-32)44(11)12/h17-29H,13-16H2,1-12H3. The largest absolute Gasteiger partial charge is 0.378 e. The Labute approximate surface area is 269 Å². The molecule has 4 aromatic carbocycles. The molecule has 1 nitrogen and oxygen atoms in total. The second-order valence-electron chi connectivity index (χ2n) is 14.6. The topological polar surface area (TPSA) is 3.24 Å². The van der Waals surface area contributed by atoms with Crippen LogP contribution in [0.2, 0.25) is 0 Å². The smallest absolute Gasteiger partial charge is 0.0361 e. The van der Waals surface area contributed by atoms with Crippen LogP contribution < -0.4 is 4.90 Å². The lowest BCUT2D eigenvalue weighted by molar-refractivity contribution is 0.438. The minimum Gasteiger partial charge on any atom is -0.378 e. The monoisotopic (exact) mass is 587 g/mol. The van der Waals surface area contributed by atoms with Gasteiger partial charge in [0.05, 0.1) is 0 Å². The Morgan fingerprint density at radius 1 is 0.568 bits per heavy atom. The van der Waals surface area contributed by atoms with E-state index in [-0.39, 0.29) is 16.2 Å². The van der Waals surface area contributed by atoms with E-state index in [0.29, 0.717) is 0 Å². The third-order valence-corrected chi connectivity index (χ3v) is 11.0. The molecular formula is C43H57N. The highest BCUT2D eigenvalue weighted by atomic mass is 15.1. The molecule has 234 valence electrons. The van der Waals surface area contributed by atoms with E-state index in [9.17, 15) is 0 Å². The summed E-state index contributed by atoms with van der Waals surface area (Å²) in [5, 5.41) is 0. The van der Waals surface area contributed by atoms with E-state index in [2.05, 4.69) is 167 Å². The molecule has 4 aromatic rings. The molecule has 0 aromatic heterocycles. The number of hydrogen-bond acceptors (Lipinski definition) is 1. The lowest BCUT2D eigenvalue weighted by Crippen LogP contribution is -2.23. The fraction of sp³-hybridized carbons (Fsp3) is 0.442. The SMILES string of the molecule is CCCc1c(C(C)(C)c2ccc(C(C)(CC)CC)cc2)ccc(-c2ccc(C(C)(C)c3ccc(N(C)C)cc3)cc2C)c1C. The molecule has 0 aliphatic carbocycles. The lowest BCUT2D eigenvalue weighted by Gasteiger charge is -2.32. The van der Waals surface area contributed by atoms with E-state index in [1.54, 1.807) is 0 Å². The molecule has 0 heterocycles. The summed E-state index contributed by atoms with van der Waals surface area (Å²) in [5.41, 5.74) is 15.3. The maximum atomic E-state index is 2.42. The maximum Gasteiger partial charge on any atom is 0.0361 e. The molecule has 0 N–H and O–H groups in total. The van der Waals surface area contributed by atoms with Crippen LogP contribution in [-0.2, 0) is 22.7 Å². The Balaban J connectivity index is 1.72. The molecule has 0 atom stereocenters. The van der Waals surface area contributed by atoms with Gasteiger partial charge in [-0.25, -0.2) is 0 Å². The Bertz CT molecular complexity index is 1560. The van der Waals surface area contributed by atoms with Crippen molar-refractivity contribution < 1.29 is 0 Å². The summed E-state index contributed by atoms with van der Waals surface area (Å²) in [4.78, 5) is 2.15. The first-order chi connectivity index (χ1) is 20.7. The summed E-state index contributed by atoms with van der Waals surface area (Å²) in [6.07, 6.45) is 4.55. The van der Waals surface area contributed by atoms with Crippen LogP contribution in [0.4, 0.5) is 5.69 Å². The average molecular weight is 588 g/mol. The van der Waals surface area contributed by atoms with Gasteiger partial charge in [-0.1, -0.05) is 129 Å². The molecule has 0 saturated heterocycles. The molecule has 0 bridgehead atoms. The van der Waals surface area contributed by atoms with E-state index < -0.39 is 0 Å². The molecule has 0 aliphatic heterocycles. The molecule has 4 rings (SSSR count). The van der Waals surface area contributed by atoms with Gasteiger partial charge in [-0.15, -0.1) is 0 Å². The molecule has 0 saturated carbocycles. The summed E-state index contributed by atoms with van der Waals surface area (Å²) in [6, 6.07) is 30.5. The minimum atomic E-state index is -0.0777. The van der Waals surface area contributed by atoms with Crippen LogP contribution in [0.15, 0.2) is 78.9 Å². The van der Waals surface area contributed by atoms with Crippen LogP contribution in [0.3, 0.4) is 0 Å². The first-order valence-electron chi connectivity index (χ1n) is 16.8. The van der Waals surface area contributed by atoms with Crippen LogP contribution >= 0.6 is 0 Å². The fourth-order valence-electron chi connectivity index (χ4n) is 7.01. The van der Waals surface area contributed by atoms with E-state index in [4.69, 9.17) is 0 Å². The zero-order valence-electron chi connectivity index (χ0n) is 29.8. The van der Waals surface area contributed by atoms with Gasteiger partial charge in [-0.3, -0.25) is 0 Å². The van der Waals surface area contributed by atoms with Crippen LogP contribution in [0, 0.1) is 13.8 Å².